The highest BCUT2D eigenvalue weighted by Gasteiger charge is 1.99. The summed E-state index contributed by atoms with van der Waals surface area (Å²) in [6.45, 7) is 2.23. The van der Waals surface area contributed by atoms with Gasteiger partial charge in [-0.25, -0.2) is 4.68 Å². The maximum absolute atomic E-state index is 5.00. The molecule has 0 spiro atoms. The molecule has 118 valence electrons. The van der Waals surface area contributed by atoms with E-state index in [0.29, 0.717) is 6.61 Å². The van der Waals surface area contributed by atoms with Gasteiger partial charge in [0.15, 0.2) is 5.96 Å². The van der Waals surface area contributed by atoms with E-state index in [2.05, 4.69) is 45.0 Å². The molecule has 2 aromatic rings. The van der Waals surface area contributed by atoms with Crippen molar-refractivity contribution in [1.82, 2.24) is 20.4 Å². The van der Waals surface area contributed by atoms with E-state index in [4.69, 9.17) is 4.74 Å². The van der Waals surface area contributed by atoms with Crippen molar-refractivity contribution in [3.63, 3.8) is 0 Å². The van der Waals surface area contributed by atoms with Crippen LogP contribution in [0.3, 0.4) is 0 Å². The van der Waals surface area contributed by atoms with E-state index in [1.54, 1.807) is 20.4 Å². The summed E-state index contributed by atoms with van der Waals surface area (Å²) in [6, 6.07) is 10.3. The molecule has 0 radical (unpaired) electrons. The van der Waals surface area contributed by atoms with Crippen LogP contribution < -0.4 is 10.6 Å². The zero-order chi connectivity index (χ0) is 15.6. The van der Waals surface area contributed by atoms with Gasteiger partial charge < -0.3 is 15.4 Å². The fourth-order valence-corrected chi connectivity index (χ4v) is 2.05. The van der Waals surface area contributed by atoms with Crippen LogP contribution in [-0.2, 0) is 11.2 Å². The first-order valence-corrected chi connectivity index (χ1v) is 7.36. The van der Waals surface area contributed by atoms with Crippen LogP contribution in [0.5, 0.6) is 0 Å². The largest absolute Gasteiger partial charge is 0.383 e. The summed E-state index contributed by atoms with van der Waals surface area (Å²) in [5.41, 5.74) is 2.34. The molecule has 1 aromatic heterocycles. The Morgan fingerprint density at radius 2 is 2.00 bits per heavy atom. The second-order valence-electron chi connectivity index (χ2n) is 4.79. The number of ether oxygens (including phenoxy) is 1. The molecule has 6 nitrogen and oxygen atoms in total. The van der Waals surface area contributed by atoms with Gasteiger partial charge in [0, 0.05) is 39.6 Å². The van der Waals surface area contributed by atoms with Crippen molar-refractivity contribution in [1.29, 1.82) is 0 Å². The Morgan fingerprint density at radius 3 is 2.64 bits per heavy atom. The number of aromatic nitrogens is 2. The maximum atomic E-state index is 5.00. The first-order chi connectivity index (χ1) is 10.8. The van der Waals surface area contributed by atoms with Gasteiger partial charge in [-0.3, -0.25) is 4.99 Å². The summed E-state index contributed by atoms with van der Waals surface area (Å²) in [5.74, 6) is 0.796. The summed E-state index contributed by atoms with van der Waals surface area (Å²) in [7, 11) is 3.45. The van der Waals surface area contributed by atoms with Gasteiger partial charge in [-0.2, -0.15) is 5.10 Å². The molecule has 0 amide bonds. The first kappa shape index (κ1) is 16.0. The van der Waals surface area contributed by atoms with Crippen molar-refractivity contribution < 1.29 is 4.74 Å². The lowest BCUT2D eigenvalue weighted by Crippen LogP contribution is -2.39. The Labute approximate surface area is 131 Å². The average molecular weight is 301 g/mol. The van der Waals surface area contributed by atoms with Crippen LogP contribution in [0.25, 0.3) is 5.69 Å². The highest BCUT2D eigenvalue weighted by atomic mass is 16.5. The number of nitrogens with zero attached hydrogens (tertiary/aromatic N) is 3. The van der Waals surface area contributed by atoms with E-state index < -0.39 is 0 Å². The molecule has 0 aliphatic carbocycles. The third kappa shape index (κ3) is 4.89. The molecule has 0 saturated carbocycles. The van der Waals surface area contributed by atoms with Gasteiger partial charge >= 0.3 is 0 Å². The molecule has 2 N–H and O–H groups in total. The second kappa shape index (κ2) is 8.84. The van der Waals surface area contributed by atoms with Crippen LogP contribution in [-0.4, -0.2) is 49.6 Å². The Bertz CT molecular complexity index is 563. The third-order valence-electron chi connectivity index (χ3n) is 3.23. The fraction of sp³-hybridized carbons (Fsp3) is 0.375. The molecule has 0 fully saturated rings. The summed E-state index contributed by atoms with van der Waals surface area (Å²) >= 11 is 0. The van der Waals surface area contributed by atoms with E-state index in [-0.39, 0.29) is 0 Å². The SMILES string of the molecule is CN=C(NCCOC)NCCc1ccc(-n2cccn2)cc1. The lowest BCUT2D eigenvalue weighted by Gasteiger charge is -2.11. The number of nitrogens with one attached hydrogen (secondary N) is 2. The van der Waals surface area contributed by atoms with Crippen LogP contribution in [0, 0.1) is 0 Å². The zero-order valence-electron chi connectivity index (χ0n) is 13.1. The molecule has 22 heavy (non-hydrogen) atoms. The van der Waals surface area contributed by atoms with E-state index >= 15 is 0 Å². The normalized spacial score (nSPS) is 11.5. The topological polar surface area (TPSA) is 63.5 Å². The molecule has 0 aliphatic heterocycles. The highest BCUT2D eigenvalue weighted by Crippen LogP contribution is 2.08. The number of hydrogen-bond donors (Lipinski definition) is 2. The average Bonchev–Trinajstić information content (AvgIpc) is 3.08. The van der Waals surface area contributed by atoms with Crippen molar-refractivity contribution in [2.45, 2.75) is 6.42 Å². The molecule has 2 rings (SSSR count). The number of guanidine groups is 1. The number of benzene rings is 1. The van der Waals surface area contributed by atoms with Gasteiger partial charge in [-0.1, -0.05) is 12.1 Å². The second-order valence-corrected chi connectivity index (χ2v) is 4.79. The molecule has 0 unspecified atom stereocenters. The molecule has 1 aromatic carbocycles. The number of rotatable bonds is 7. The first-order valence-electron chi connectivity index (χ1n) is 7.36. The minimum atomic E-state index is 0.662. The Hall–Kier alpha value is -2.34. The van der Waals surface area contributed by atoms with Gasteiger partial charge in [0.2, 0.25) is 0 Å². The fourth-order valence-electron chi connectivity index (χ4n) is 2.05. The molecule has 0 aliphatic rings. The van der Waals surface area contributed by atoms with Crippen LogP contribution in [0.2, 0.25) is 0 Å². The van der Waals surface area contributed by atoms with Crippen molar-refractivity contribution in [3.05, 3.63) is 48.3 Å². The summed E-state index contributed by atoms with van der Waals surface area (Å²) in [4.78, 5) is 4.17. The number of methoxy groups -OCH3 is 1. The van der Waals surface area contributed by atoms with E-state index in [1.807, 2.05) is 16.9 Å². The van der Waals surface area contributed by atoms with Crippen molar-refractivity contribution in [2.75, 3.05) is 33.9 Å². The van der Waals surface area contributed by atoms with E-state index in [9.17, 15) is 0 Å². The monoisotopic (exact) mass is 301 g/mol. The Kier molecular flexibility index (Phi) is 6.44. The van der Waals surface area contributed by atoms with Gasteiger partial charge in [0.25, 0.3) is 0 Å². The van der Waals surface area contributed by atoms with Gasteiger partial charge in [0.1, 0.15) is 0 Å². The minimum Gasteiger partial charge on any atom is -0.383 e. The molecule has 0 bridgehead atoms. The van der Waals surface area contributed by atoms with Gasteiger partial charge in [-0.05, 0) is 30.2 Å². The quantitative estimate of drug-likeness (QED) is 0.459. The highest BCUT2D eigenvalue weighted by molar-refractivity contribution is 5.79. The molecular formula is C16H23N5O. The van der Waals surface area contributed by atoms with E-state index in [0.717, 1.165) is 31.2 Å². The Balaban J connectivity index is 1.77. The van der Waals surface area contributed by atoms with Crippen LogP contribution >= 0.6 is 0 Å². The molecule has 0 atom stereocenters. The molecule has 6 heteroatoms. The minimum absolute atomic E-state index is 0.662. The van der Waals surface area contributed by atoms with Crippen molar-refractivity contribution in [2.24, 2.45) is 4.99 Å². The molecular weight excluding hydrogens is 278 g/mol. The Morgan fingerprint density at radius 1 is 1.23 bits per heavy atom. The lowest BCUT2D eigenvalue weighted by atomic mass is 10.1. The lowest BCUT2D eigenvalue weighted by molar-refractivity contribution is 0.203. The third-order valence-corrected chi connectivity index (χ3v) is 3.23. The zero-order valence-corrected chi connectivity index (χ0v) is 13.1. The summed E-state index contributed by atoms with van der Waals surface area (Å²) < 4.78 is 6.85. The predicted octanol–water partition coefficient (Wildman–Crippen LogP) is 1.23. The standard InChI is InChI=1S/C16H23N5O/c1-17-16(19-11-13-22-2)18-10-8-14-4-6-15(7-5-14)21-12-3-9-20-21/h3-7,9,12H,8,10-11,13H2,1-2H3,(H2,17,18,19). The summed E-state index contributed by atoms with van der Waals surface area (Å²) in [5, 5.41) is 10.7. The van der Waals surface area contributed by atoms with Crippen molar-refractivity contribution >= 4 is 5.96 Å². The molecule has 0 saturated heterocycles. The smallest absolute Gasteiger partial charge is 0.191 e. The van der Waals surface area contributed by atoms with E-state index in [1.165, 1.54) is 5.56 Å². The predicted molar refractivity (Wildman–Crippen MR) is 88.5 cm³/mol. The van der Waals surface area contributed by atoms with Crippen molar-refractivity contribution in [3.8, 4) is 5.69 Å². The number of aliphatic imine (C=N–C) groups is 1. The van der Waals surface area contributed by atoms with Gasteiger partial charge in [-0.15, -0.1) is 0 Å². The van der Waals surface area contributed by atoms with Crippen LogP contribution in [0.4, 0.5) is 0 Å². The van der Waals surface area contributed by atoms with Crippen LogP contribution in [0.1, 0.15) is 5.56 Å². The maximum Gasteiger partial charge on any atom is 0.191 e. The summed E-state index contributed by atoms with van der Waals surface area (Å²) in [6.07, 6.45) is 4.65. The molecule has 1 heterocycles. The van der Waals surface area contributed by atoms with Gasteiger partial charge in [0.05, 0.1) is 12.3 Å². The van der Waals surface area contributed by atoms with Crippen LogP contribution in [0.15, 0.2) is 47.7 Å². The number of hydrogen-bond acceptors (Lipinski definition) is 3.